The molecule has 1 aromatic heterocycles. The van der Waals surface area contributed by atoms with Crippen molar-refractivity contribution in [1.29, 1.82) is 0 Å². The van der Waals surface area contributed by atoms with Gasteiger partial charge in [-0.1, -0.05) is 66.8 Å². The summed E-state index contributed by atoms with van der Waals surface area (Å²) in [6, 6.07) is 17.1. The van der Waals surface area contributed by atoms with Gasteiger partial charge in [-0.25, -0.2) is 0 Å². The molecule has 1 aliphatic carbocycles. The average molecular weight is 602 g/mol. The molecule has 1 amide bonds. The molecule has 0 saturated heterocycles. The Morgan fingerprint density at radius 3 is 2.66 bits per heavy atom. The lowest BCUT2D eigenvalue weighted by molar-refractivity contribution is -0.148. The molecule has 1 aliphatic rings. The Bertz CT molecular complexity index is 1380. The molecular weight excluding hydrogens is 554 g/mol. The van der Waals surface area contributed by atoms with Crippen molar-refractivity contribution in [3.63, 3.8) is 0 Å². The quantitative estimate of drug-likeness (QED) is 0.0913. The van der Waals surface area contributed by atoms with Gasteiger partial charge in [-0.05, 0) is 68.2 Å². The number of allylic oxidation sites excluding steroid dienone is 2. The van der Waals surface area contributed by atoms with Crippen LogP contribution in [0.5, 0.6) is 0 Å². The first kappa shape index (κ1) is 33.2. The van der Waals surface area contributed by atoms with Crippen molar-refractivity contribution in [3.8, 4) is 0 Å². The Morgan fingerprint density at radius 2 is 1.86 bits per heavy atom. The van der Waals surface area contributed by atoms with Crippen LogP contribution in [0.15, 0.2) is 85.1 Å². The molecule has 0 spiro atoms. The number of ether oxygens (including phenoxy) is 1. The first-order valence-corrected chi connectivity index (χ1v) is 15.9. The third-order valence-corrected chi connectivity index (χ3v) is 8.43. The zero-order valence-corrected chi connectivity index (χ0v) is 25.6. The summed E-state index contributed by atoms with van der Waals surface area (Å²) in [5.41, 5.74) is 9.43. The van der Waals surface area contributed by atoms with Crippen LogP contribution in [0.25, 0.3) is 10.9 Å². The number of nitrogens with one attached hydrogen (secondary N) is 2. The van der Waals surface area contributed by atoms with Crippen LogP contribution in [0.3, 0.4) is 0 Å². The fraction of sp³-hybridized carbons (Fsp3) is 0.444. The maximum Gasteiger partial charge on any atom is 0.323 e. The summed E-state index contributed by atoms with van der Waals surface area (Å²) in [6.07, 6.45) is 12.4. The molecule has 0 bridgehead atoms. The van der Waals surface area contributed by atoms with E-state index in [1.807, 2.05) is 92.0 Å². The number of aliphatic hydroxyl groups is 2. The Hall–Kier alpha value is -3.72. The number of aliphatic hydroxyl groups excluding tert-OH is 2. The number of para-hydroxylation sites is 1. The predicted octanol–water partition coefficient (Wildman–Crippen LogP) is 4.75. The highest BCUT2D eigenvalue weighted by molar-refractivity contribution is 5.84. The molecule has 1 heterocycles. The smallest absolute Gasteiger partial charge is 0.323 e. The van der Waals surface area contributed by atoms with E-state index in [2.05, 4.69) is 10.3 Å². The lowest BCUT2D eigenvalue weighted by Gasteiger charge is -2.21. The van der Waals surface area contributed by atoms with E-state index in [1.54, 1.807) is 0 Å². The fourth-order valence-corrected chi connectivity index (χ4v) is 6.00. The van der Waals surface area contributed by atoms with Gasteiger partial charge in [-0.15, -0.1) is 0 Å². The van der Waals surface area contributed by atoms with Crippen molar-refractivity contribution in [2.45, 2.75) is 82.6 Å². The van der Waals surface area contributed by atoms with Crippen molar-refractivity contribution >= 4 is 22.8 Å². The number of fused-ring (bicyclic) bond motifs is 1. The molecule has 6 N–H and O–H groups in total. The highest BCUT2D eigenvalue weighted by Crippen LogP contribution is 2.36. The Morgan fingerprint density at radius 1 is 1.09 bits per heavy atom. The zero-order valence-electron chi connectivity index (χ0n) is 25.6. The monoisotopic (exact) mass is 601 g/mol. The summed E-state index contributed by atoms with van der Waals surface area (Å²) in [6.45, 7) is 2.54. The topological polar surface area (TPSA) is 138 Å². The van der Waals surface area contributed by atoms with Crippen molar-refractivity contribution in [2.75, 3.05) is 6.54 Å². The number of H-pyrrole nitrogens is 1. The van der Waals surface area contributed by atoms with E-state index in [1.165, 1.54) is 0 Å². The molecular formula is C36H47N3O5. The number of hydrogen-bond acceptors (Lipinski definition) is 6. The lowest BCUT2D eigenvalue weighted by Crippen LogP contribution is -2.36. The standard InChI is InChI=1S/C36H47N3O5/c1-2-38-35(42)17-9-4-3-8-15-29-30(34(41)23-33(29)40)21-20-27(19-18-25-12-6-5-7-13-25)44-36(43)31(37)22-26-24-39-32-16-11-10-14-28(26)32/h3,5-8,10-14,16,20-21,24,27,29-31,33-34,39-41H,2,4,9,15,17-19,22-23,37H2,1H3,(H,38,42)/t27-,29+,30+,31?,33-,34+/m0/s1. The number of aromatic nitrogens is 1. The molecule has 3 aromatic rings. The number of esters is 1. The molecule has 4 rings (SSSR count). The Balaban J connectivity index is 1.39. The number of amides is 1. The van der Waals surface area contributed by atoms with Crippen LogP contribution in [0.1, 0.15) is 56.6 Å². The molecule has 44 heavy (non-hydrogen) atoms. The maximum atomic E-state index is 13.2. The third kappa shape index (κ3) is 9.64. The zero-order chi connectivity index (χ0) is 31.3. The summed E-state index contributed by atoms with van der Waals surface area (Å²) < 4.78 is 5.96. The van der Waals surface area contributed by atoms with Gasteiger partial charge in [0.05, 0.1) is 12.2 Å². The minimum absolute atomic E-state index is 0.0573. The van der Waals surface area contributed by atoms with Gasteiger partial charge in [-0.2, -0.15) is 0 Å². The van der Waals surface area contributed by atoms with Gasteiger partial charge < -0.3 is 31.0 Å². The van der Waals surface area contributed by atoms with E-state index >= 15 is 0 Å². The van der Waals surface area contributed by atoms with Gasteiger partial charge in [0.1, 0.15) is 12.1 Å². The number of nitrogens with two attached hydrogens (primary N) is 1. The van der Waals surface area contributed by atoms with E-state index in [0.29, 0.717) is 45.1 Å². The van der Waals surface area contributed by atoms with Crippen LogP contribution in [-0.4, -0.2) is 58.0 Å². The molecule has 0 aliphatic heterocycles. The van der Waals surface area contributed by atoms with Crippen LogP contribution in [0.4, 0.5) is 0 Å². The summed E-state index contributed by atoms with van der Waals surface area (Å²) in [5.74, 6) is -0.850. The normalized spacial score (nSPS) is 21.6. The number of unbranched alkanes of at least 4 members (excludes halogenated alkanes) is 1. The summed E-state index contributed by atoms with van der Waals surface area (Å²) in [5, 5.41) is 25.3. The number of benzene rings is 2. The van der Waals surface area contributed by atoms with E-state index in [-0.39, 0.29) is 17.7 Å². The van der Waals surface area contributed by atoms with Gasteiger partial charge in [0, 0.05) is 48.8 Å². The van der Waals surface area contributed by atoms with Crippen molar-refractivity contribution in [3.05, 3.63) is 96.2 Å². The van der Waals surface area contributed by atoms with Crippen LogP contribution in [-0.2, 0) is 27.2 Å². The van der Waals surface area contributed by atoms with Crippen molar-refractivity contribution < 1.29 is 24.5 Å². The summed E-state index contributed by atoms with van der Waals surface area (Å²) in [7, 11) is 0. The second kappa shape index (κ2) is 16.9. The molecule has 1 unspecified atom stereocenters. The van der Waals surface area contributed by atoms with Gasteiger partial charge in [0.25, 0.3) is 0 Å². The highest BCUT2D eigenvalue weighted by atomic mass is 16.5. The minimum atomic E-state index is -0.827. The fourth-order valence-electron chi connectivity index (χ4n) is 6.00. The van der Waals surface area contributed by atoms with Crippen LogP contribution in [0.2, 0.25) is 0 Å². The number of carbonyl (C=O) groups excluding carboxylic acids is 2. The van der Waals surface area contributed by atoms with Crippen molar-refractivity contribution in [2.24, 2.45) is 17.6 Å². The summed E-state index contributed by atoms with van der Waals surface area (Å²) in [4.78, 5) is 28.1. The molecule has 2 aromatic carbocycles. The molecule has 8 heteroatoms. The maximum absolute atomic E-state index is 13.2. The minimum Gasteiger partial charge on any atom is -0.457 e. The number of carbonyl (C=O) groups is 2. The Kier molecular flexibility index (Phi) is 12.8. The van der Waals surface area contributed by atoms with Crippen LogP contribution < -0.4 is 11.1 Å². The molecule has 0 radical (unpaired) electrons. The molecule has 1 fully saturated rings. The summed E-state index contributed by atoms with van der Waals surface area (Å²) >= 11 is 0. The van der Waals surface area contributed by atoms with E-state index < -0.39 is 30.3 Å². The van der Waals surface area contributed by atoms with Gasteiger partial charge in [-0.3, -0.25) is 9.59 Å². The molecule has 1 saturated carbocycles. The van der Waals surface area contributed by atoms with Gasteiger partial charge in [0.2, 0.25) is 5.91 Å². The van der Waals surface area contributed by atoms with Gasteiger partial charge in [0.15, 0.2) is 0 Å². The lowest BCUT2D eigenvalue weighted by atomic mass is 9.89. The molecule has 6 atom stereocenters. The second-order valence-electron chi connectivity index (χ2n) is 11.7. The Labute approximate surface area is 260 Å². The third-order valence-electron chi connectivity index (χ3n) is 8.43. The van der Waals surface area contributed by atoms with E-state index in [9.17, 15) is 19.8 Å². The van der Waals surface area contributed by atoms with E-state index in [0.717, 1.165) is 34.9 Å². The number of rotatable bonds is 16. The first-order valence-electron chi connectivity index (χ1n) is 15.9. The number of aryl methyl sites for hydroxylation is 1. The highest BCUT2D eigenvalue weighted by Gasteiger charge is 2.39. The molecule has 8 nitrogen and oxygen atoms in total. The second-order valence-corrected chi connectivity index (χ2v) is 11.7. The average Bonchev–Trinajstić information content (AvgIpc) is 3.55. The number of hydrogen-bond donors (Lipinski definition) is 5. The largest absolute Gasteiger partial charge is 0.457 e. The van der Waals surface area contributed by atoms with Crippen LogP contribution in [0, 0.1) is 11.8 Å². The van der Waals surface area contributed by atoms with Crippen LogP contribution >= 0.6 is 0 Å². The van der Waals surface area contributed by atoms with Gasteiger partial charge >= 0.3 is 5.97 Å². The van der Waals surface area contributed by atoms with Crippen molar-refractivity contribution in [1.82, 2.24) is 10.3 Å². The molecule has 236 valence electrons. The number of aromatic amines is 1. The first-order chi connectivity index (χ1) is 21.4. The SMILES string of the molecule is CCNC(=O)CCCC=CC[C@@H]1[C@@H](C=C[C@H](CCc2ccccc2)OC(=O)C(N)Cc2c[nH]c3ccccc23)[C@H](O)C[C@@H]1O. The predicted molar refractivity (Wildman–Crippen MR) is 174 cm³/mol. The van der Waals surface area contributed by atoms with E-state index in [4.69, 9.17) is 10.5 Å².